The van der Waals surface area contributed by atoms with Crippen LogP contribution in [0, 0.1) is 10.1 Å². The molecule has 2 aliphatic rings. The van der Waals surface area contributed by atoms with Crippen LogP contribution in [-0.4, -0.2) is 25.1 Å². The molecule has 1 aliphatic heterocycles. The van der Waals surface area contributed by atoms with Crippen LogP contribution in [0.3, 0.4) is 0 Å². The molecule has 7 nitrogen and oxygen atoms in total. The second kappa shape index (κ2) is 5.91. The van der Waals surface area contributed by atoms with E-state index in [0.717, 1.165) is 11.1 Å². The van der Waals surface area contributed by atoms with Gasteiger partial charge in [-0.1, -0.05) is 12.1 Å². The lowest BCUT2D eigenvalue weighted by molar-refractivity contribution is -0.384. The summed E-state index contributed by atoms with van der Waals surface area (Å²) in [7, 11) is -3.27. The number of nitrogens with zero attached hydrogens (tertiary/aromatic N) is 1. The summed E-state index contributed by atoms with van der Waals surface area (Å²) in [4.78, 5) is 22.9. The second-order valence-corrected chi connectivity index (χ2v) is 8.52. The number of carbonyl (C=O) groups excluding carboxylic acids is 1. The molecule has 0 aromatic heterocycles. The lowest BCUT2D eigenvalue weighted by Gasteiger charge is -2.28. The summed E-state index contributed by atoms with van der Waals surface area (Å²) in [6.07, 6.45) is 0.675. The largest absolute Gasteiger partial charge is 0.454 e. The minimum absolute atomic E-state index is 0.0412. The van der Waals surface area contributed by atoms with Crippen molar-refractivity contribution in [1.82, 2.24) is 0 Å². The summed E-state index contributed by atoms with van der Waals surface area (Å²) in [5, 5.41) is 10.7. The molecule has 26 heavy (non-hydrogen) atoms. The van der Waals surface area contributed by atoms with Gasteiger partial charge >= 0.3 is 5.97 Å². The highest BCUT2D eigenvalue weighted by Crippen LogP contribution is 2.47. The number of hydrogen-bond donors (Lipinski definition) is 0. The number of carbonyl (C=O) groups is 1. The molecule has 0 amide bonds. The van der Waals surface area contributed by atoms with E-state index in [9.17, 15) is 23.3 Å². The zero-order valence-corrected chi connectivity index (χ0v) is 14.4. The number of nitro benzene ring substituents is 1. The van der Waals surface area contributed by atoms with E-state index < -0.39 is 26.8 Å². The van der Waals surface area contributed by atoms with Gasteiger partial charge < -0.3 is 4.74 Å². The van der Waals surface area contributed by atoms with Crippen LogP contribution in [0.2, 0.25) is 0 Å². The van der Waals surface area contributed by atoms with Crippen molar-refractivity contribution < 1.29 is 22.9 Å². The van der Waals surface area contributed by atoms with Crippen LogP contribution < -0.4 is 0 Å². The molecule has 0 bridgehead atoms. The number of non-ortho nitro benzene ring substituents is 1. The summed E-state index contributed by atoms with van der Waals surface area (Å²) in [6, 6.07) is 10.3. The maximum absolute atomic E-state index is 12.4. The number of benzene rings is 2. The molecule has 1 aliphatic carbocycles. The highest BCUT2D eigenvalue weighted by molar-refractivity contribution is 7.91. The van der Waals surface area contributed by atoms with Gasteiger partial charge in [-0.25, -0.2) is 13.2 Å². The molecule has 2 aromatic rings. The number of esters is 1. The molecule has 0 saturated heterocycles. The predicted octanol–water partition coefficient (Wildman–Crippen LogP) is 3.16. The van der Waals surface area contributed by atoms with E-state index in [2.05, 4.69) is 0 Å². The molecule has 0 radical (unpaired) electrons. The van der Waals surface area contributed by atoms with E-state index in [0.29, 0.717) is 17.7 Å². The van der Waals surface area contributed by atoms with E-state index >= 15 is 0 Å². The Hall–Kier alpha value is -2.74. The molecule has 0 N–H and O–H groups in total. The maximum atomic E-state index is 12.4. The highest BCUT2D eigenvalue weighted by Gasteiger charge is 2.41. The monoisotopic (exact) mass is 373 g/mol. The molecular weight excluding hydrogens is 358 g/mol. The maximum Gasteiger partial charge on any atom is 0.338 e. The predicted molar refractivity (Wildman–Crippen MR) is 91.7 cm³/mol. The SMILES string of the molecule is O=C(OC1CCC2CS(=O)(=O)c3cccc1c32)c1ccc([N+](=O)[O-])cc1. The van der Waals surface area contributed by atoms with Crippen molar-refractivity contribution in [2.75, 3.05) is 5.75 Å². The first-order chi connectivity index (χ1) is 12.4. The fourth-order valence-electron chi connectivity index (χ4n) is 3.76. The number of ether oxygens (including phenoxy) is 1. The van der Waals surface area contributed by atoms with Gasteiger partial charge in [0.05, 0.1) is 21.1 Å². The van der Waals surface area contributed by atoms with E-state index in [1.54, 1.807) is 18.2 Å². The zero-order chi connectivity index (χ0) is 18.5. The van der Waals surface area contributed by atoms with Crippen LogP contribution in [0.25, 0.3) is 0 Å². The Morgan fingerprint density at radius 2 is 1.85 bits per heavy atom. The molecule has 2 atom stereocenters. The average molecular weight is 373 g/mol. The normalized spacial score (nSPS) is 22.5. The lowest BCUT2D eigenvalue weighted by Crippen LogP contribution is -2.19. The Bertz CT molecular complexity index is 1010. The summed E-state index contributed by atoms with van der Waals surface area (Å²) < 4.78 is 30.2. The van der Waals surface area contributed by atoms with Gasteiger partial charge in [0.2, 0.25) is 0 Å². The number of rotatable bonds is 3. The second-order valence-electron chi connectivity index (χ2n) is 6.51. The Morgan fingerprint density at radius 3 is 2.54 bits per heavy atom. The Morgan fingerprint density at radius 1 is 1.12 bits per heavy atom. The Kier molecular flexibility index (Phi) is 3.80. The van der Waals surface area contributed by atoms with Crippen LogP contribution in [0.5, 0.6) is 0 Å². The fourth-order valence-corrected chi connectivity index (χ4v) is 5.71. The van der Waals surface area contributed by atoms with Crippen molar-refractivity contribution in [3.63, 3.8) is 0 Å². The molecule has 134 valence electrons. The fraction of sp³-hybridized carbons (Fsp3) is 0.278. The number of nitro groups is 1. The molecule has 0 saturated carbocycles. The summed E-state index contributed by atoms with van der Waals surface area (Å²) in [5.74, 6) is -0.509. The standard InChI is InChI=1S/C18H15NO6S/c20-18(11-4-7-13(8-5-11)19(21)22)25-15-9-6-12-10-26(23,24)16-3-1-2-14(15)17(12)16/h1-5,7-8,12,15H,6,9-10H2. The first-order valence-electron chi connectivity index (χ1n) is 8.18. The molecule has 4 rings (SSSR count). The minimum Gasteiger partial charge on any atom is -0.454 e. The molecule has 8 heteroatoms. The van der Waals surface area contributed by atoms with Crippen molar-refractivity contribution >= 4 is 21.5 Å². The molecule has 2 aromatic carbocycles. The third-order valence-electron chi connectivity index (χ3n) is 4.95. The van der Waals surface area contributed by atoms with Gasteiger partial charge in [0, 0.05) is 18.1 Å². The lowest BCUT2D eigenvalue weighted by atomic mass is 9.82. The van der Waals surface area contributed by atoms with Gasteiger partial charge in [-0.3, -0.25) is 10.1 Å². The Balaban J connectivity index is 1.61. The Labute approximate surface area is 149 Å². The van der Waals surface area contributed by atoms with Gasteiger partial charge in [-0.15, -0.1) is 0 Å². The average Bonchev–Trinajstić information content (AvgIpc) is 2.89. The van der Waals surface area contributed by atoms with E-state index in [4.69, 9.17) is 4.74 Å². The van der Waals surface area contributed by atoms with Gasteiger partial charge in [0.1, 0.15) is 6.10 Å². The van der Waals surface area contributed by atoms with Crippen molar-refractivity contribution in [2.24, 2.45) is 0 Å². The van der Waals surface area contributed by atoms with Gasteiger partial charge in [-0.05, 0) is 42.2 Å². The smallest absolute Gasteiger partial charge is 0.338 e. The molecule has 1 heterocycles. The highest BCUT2D eigenvalue weighted by atomic mass is 32.2. The zero-order valence-electron chi connectivity index (χ0n) is 13.6. The third kappa shape index (κ3) is 2.66. The molecule has 0 fully saturated rings. The first kappa shape index (κ1) is 16.7. The topological polar surface area (TPSA) is 104 Å². The molecule has 0 spiro atoms. The van der Waals surface area contributed by atoms with E-state index in [1.165, 1.54) is 24.3 Å². The summed E-state index contributed by atoms with van der Waals surface area (Å²) >= 11 is 0. The van der Waals surface area contributed by atoms with E-state index in [1.807, 2.05) is 0 Å². The quantitative estimate of drug-likeness (QED) is 0.465. The number of hydrogen-bond acceptors (Lipinski definition) is 6. The molecule has 2 unspecified atom stereocenters. The van der Waals surface area contributed by atoms with Crippen molar-refractivity contribution in [2.45, 2.75) is 29.8 Å². The van der Waals surface area contributed by atoms with Crippen LogP contribution in [0.1, 0.15) is 46.3 Å². The molecular formula is C18H15NO6S. The van der Waals surface area contributed by atoms with Gasteiger partial charge in [0.25, 0.3) is 5.69 Å². The van der Waals surface area contributed by atoms with Crippen molar-refractivity contribution in [1.29, 1.82) is 0 Å². The first-order valence-corrected chi connectivity index (χ1v) is 9.83. The van der Waals surface area contributed by atoms with E-state index in [-0.39, 0.29) is 22.9 Å². The number of sulfone groups is 1. The van der Waals surface area contributed by atoms with Crippen LogP contribution in [-0.2, 0) is 14.6 Å². The van der Waals surface area contributed by atoms with Gasteiger partial charge in [0.15, 0.2) is 9.84 Å². The third-order valence-corrected chi connectivity index (χ3v) is 6.82. The van der Waals surface area contributed by atoms with Crippen LogP contribution in [0.4, 0.5) is 5.69 Å². The minimum atomic E-state index is -3.27. The van der Waals surface area contributed by atoms with Crippen molar-refractivity contribution in [3.8, 4) is 0 Å². The van der Waals surface area contributed by atoms with Gasteiger partial charge in [-0.2, -0.15) is 0 Å². The van der Waals surface area contributed by atoms with Crippen LogP contribution >= 0.6 is 0 Å². The summed E-state index contributed by atoms with van der Waals surface area (Å²) in [5.41, 5.74) is 1.64. The summed E-state index contributed by atoms with van der Waals surface area (Å²) in [6.45, 7) is 0. The van der Waals surface area contributed by atoms with Crippen LogP contribution in [0.15, 0.2) is 47.4 Å². The van der Waals surface area contributed by atoms with Crippen molar-refractivity contribution in [3.05, 3.63) is 69.3 Å².